The van der Waals surface area contributed by atoms with Gasteiger partial charge in [-0.05, 0) is 6.92 Å². The summed E-state index contributed by atoms with van der Waals surface area (Å²) in [4.78, 5) is 13.9. The molecule has 5 nitrogen and oxygen atoms in total. The molecule has 0 amide bonds. The third kappa shape index (κ3) is 2.06. The van der Waals surface area contributed by atoms with Gasteiger partial charge in [0.15, 0.2) is 0 Å². The van der Waals surface area contributed by atoms with E-state index < -0.39 is 12.1 Å². The lowest BCUT2D eigenvalue weighted by molar-refractivity contribution is -0.139. The van der Waals surface area contributed by atoms with Crippen molar-refractivity contribution in [2.75, 3.05) is 0 Å². The summed E-state index contributed by atoms with van der Waals surface area (Å²) in [5, 5.41) is 17.5. The molecule has 0 saturated carbocycles. The van der Waals surface area contributed by atoms with E-state index in [1.165, 1.54) is 6.26 Å². The van der Waals surface area contributed by atoms with Crippen LogP contribution in [0.25, 0.3) is 0 Å². The molecule has 0 fully saturated rings. The highest BCUT2D eigenvalue weighted by atomic mass is 16.4. The average Bonchev–Trinajstić information content (AvgIpc) is 2.34. The van der Waals surface area contributed by atoms with Crippen LogP contribution in [0.3, 0.4) is 0 Å². The number of hydrogen-bond donors (Lipinski definition) is 2. The van der Waals surface area contributed by atoms with Gasteiger partial charge in [0, 0.05) is 0 Å². The molecule has 66 valence electrons. The fourth-order valence-electron chi connectivity index (χ4n) is 0.778. The second kappa shape index (κ2) is 3.36. The molecule has 1 aromatic heterocycles. The van der Waals surface area contributed by atoms with Crippen molar-refractivity contribution in [3.63, 3.8) is 0 Å². The number of hydrogen-bond acceptors (Lipinski definition) is 4. The Morgan fingerprint density at radius 3 is 2.92 bits per heavy atom. The Hall–Kier alpha value is -1.36. The molecular formula is C7H9NO4. The first-order valence-electron chi connectivity index (χ1n) is 3.41. The maximum Gasteiger partial charge on any atom is 0.306 e. The lowest BCUT2D eigenvalue weighted by Crippen LogP contribution is -2.05. The van der Waals surface area contributed by atoms with E-state index in [4.69, 9.17) is 14.6 Å². The standard InChI is InChI=1S/C7H9NO4/c1-4-3-12-7(8-4)5(9)2-6(10)11/h3,5,9H,2H2,1H3,(H,10,11). The van der Waals surface area contributed by atoms with Crippen molar-refractivity contribution in [3.05, 3.63) is 17.8 Å². The van der Waals surface area contributed by atoms with Crippen molar-refractivity contribution in [3.8, 4) is 0 Å². The summed E-state index contributed by atoms with van der Waals surface area (Å²) >= 11 is 0. The topological polar surface area (TPSA) is 83.6 Å². The Balaban J connectivity index is 2.64. The number of aliphatic carboxylic acids is 1. The minimum absolute atomic E-state index is 0.0508. The number of aryl methyl sites for hydroxylation is 1. The van der Waals surface area contributed by atoms with E-state index in [0.717, 1.165) is 0 Å². The van der Waals surface area contributed by atoms with Crippen molar-refractivity contribution >= 4 is 5.97 Å². The number of aliphatic hydroxyl groups is 1. The van der Waals surface area contributed by atoms with E-state index in [-0.39, 0.29) is 12.3 Å². The Morgan fingerprint density at radius 2 is 2.50 bits per heavy atom. The van der Waals surface area contributed by atoms with Crippen LogP contribution >= 0.6 is 0 Å². The molecule has 1 unspecified atom stereocenters. The minimum atomic E-state index is -1.16. The molecule has 0 saturated heterocycles. The fourth-order valence-corrected chi connectivity index (χ4v) is 0.778. The summed E-state index contributed by atoms with van der Waals surface area (Å²) < 4.78 is 4.80. The van der Waals surface area contributed by atoms with Crippen LogP contribution in [0.2, 0.25) is 0 Å². The monoisotopic (exact) mass is 171 g/mol. The van der Waals surface area contributed by atoms with Gasteiger partial charge in [0.1, 0.15) is 12.4 Å². The van der Waals surface area contributed by atoms with Gasteiger partial charge in [-0.1, -0.05) is 0 Å². The third-order valence-corrected chi connectivity index (χ3v) is 1.29. The molecule has 12 heavy (non-hydrogen) atoms. The molecule has 0 radical (unpaired) electrons. The van der Waals surface area contributed by atoms with E-state index in [0.29, 0.717) is 5.69 Å². The summed E-state index contributed by atoms with van der Waals surface area (Å²) in [6.45, 7) is 1.69. The number of aliphatic hydroxyl groups excluding tert-OH is 1. The highest BCUT2D eigenvalue weighted by molar-refractivity contribution is 5.67. The second-order valence-electron chi connectivity index (χ2n) is 2.44. The SMILES string of the molecule is Cc1coc(C(O)CC(=O)O)n1. The zero-order chi connectivity index (χ0) is 9.14. The summed E-state index contributed by atoms with van der Waals surface area (Å²) in [6, 6.07) is 0. The number of carboxylic acid groups (broad SMARTS) is 1. The van der Waals surface area contributed by atoms with Crippen LogP contribution in [-0.4, -0.2) is 21.2 Å². The highest BCUT2D eigenvalue weighted by Crippen LogP contribution is 2.14. The van der Waals surface area contributed by atoms with Crippen molar-refractivity contribution in [1.29, 1.82) is 0 Å². The lowest BCUT2D eigenvalue weighted by atomic mass is 10.2. The number of carboxylic acids is 1. The van der Waals surface area contributed by atoms with E-state index >= 15 is 0 Å². The van der Waals surface area contributed by atoms with Gasteiger partial charge in [-0.3, -0.25) is 4.79 Å². The van der Waals surface area contributed by atoms with Crippen LogP contribution < -0.4 is 0 Å². The smallest absolute Gasteiger partial charge is 0.306 e. The fraction of sp³-hybridized carbons (Fsp3) is 0.429. The molecule has 0 aliphatic carbocycles. The normalized spacial score (nSPS) is 12.8. The molecule has 2 N–H and O–H groups in total. The summed E-state index contributed by atoms with van der Waals surface area (Å²) in [5.41, 5.74) is 0.620. The van der Waals surface area contributed by atoms with E-state index in [2.05, 4.69) is 4.98 Å². The van der Waals surface area contributed by atoms with Gasteiger partial charge in [-0.2, -0.15) is 0 Å². The van der Waals surface area contributed by atoms with Crippen LogP contribution in [0, 0.1) is 6.92 Å². The Bertz CT molecular complexity index is 281. The van der Waals surface area contributed by atoms with Crippen LogP contribution in [0.1, 0.15) is 24.1 Å². The highest BCUT2D eigenvalue weighted by Gasteiger charge is 2.16. The molecule has 1 heterocycles. The summed E-state index contributed by atoms with van der Waals surface area (Å²) in [5.74, 6) is -1.03. The summed E-state index contributed by atoms with van der Waals surface area (Å²) in [6.07, 6.45) is -0.184. The number of aromatic nitrogens is 1. The van der Waals surface area contributed by atoms with Crippen molar-refractivity contribution < 1.29 is 19.4 Å². The first-order chi connectivity index (χ1) is 5.59. The number of oxazole rings is 1. The van der Waals surface area contributed by atoms with Gasteiger partial charge < -0.3 is 14.6 Å². The molecule has 0 aliphatic rings. The molecular weight excluding hydrogens is 162 g/mol. The van der Waals surface area contributed by atoms with E-state index in [9.17, 15) is 4.79 Å². The Morgan fingerprint density at radius 1 is 1.83 bits per heavy atom. The molecule has 0 spiro atoms. The molecule has 5 heteroatoms. The zero-order valence-electron chi connectivity index (χ0n) is 6.52. The molecule has 0 aliphatic heterocycles. The van der Waals surface area contributed by atoms with Gasteiger partial charge in [-0.25, -0.2) is 4.98 Å². The van der Waals surface area contributed by atoms with Crippen LogP contribution in [0.15, 0.2) is 10.7 Å². The van der Waals surface area contributed by atoms with Crippen molar-refractivity contribution in [2.24, 2.45) is 0 Å². The summed E-state index contributed by atoms with van der Waals surface area (Å²) in [7, 11) is 0. The second-order valence-corrected chi connectivity index (χ2v) is 2.44. The van der Waals surface area contributed by atoms with E-state index in [1.807, 2.05) is 0 Å². The zero-order valence-corrected chi connectivity index (χ0v) is 6.52. The largest absolute Gasteiger partial charge is 0.481 e. The van der Waals surface area contributed by atoms with Crippen LogP contribution in [0.5, 0.6) is 0 Å². The maximum atomic E-state index is 10.2. The number of nitrogens with zero attached hydrogens (tertiary/aromatic N) is 1. The quantitative estimate of drug-likeness (QED) is 0.691. The minimum Gasteiger partial charge on any atom is -0.481 e. The number of carbonyl (C=O) groups is 1. The molecule has 0 aromatic carbocycles. The molecule has 0 bridgehead atoms. The van der Waals surface area contributed by atoms with Crippen LogP contribution in [-0.2, 0) is 4.79 Å². The molecule has 1 aromatic rings. The lowest BCUT2D eigenvalue weighted by Gasteiger charge is -2.00. The molecule has 1 atom stereocenters. The van der Waals surface area contributed by atoms with Crippen molar-refractivity contribution in [1.82, 2.24) is 4.98 Å². The Labute approximate surface area is 68.7 Å². The maximum absolute atomic E-state index is 10.2. The average molecular weight is 171 g/mol. The van der Waals surface area contributed by atoms with Gasteiger partial charge in [-0.15, -0.1) is 0 Å². The van der Waals surface area contributed by atoms with Gasteiger partial charge in [0.2, 0.25) is 5.89 Å². The third-order valence-electron chi connectivity index (χ3n) is 1.29. The van der Waals surface area contributed by atoms with Gasteiger partial charge in [0.05, 0.1) is 12.1 Å². The Kier molecular flexibility index (Phi) is 2.44. The molecule has 1 rings (SSSR count). The predicted molar refractivity (Wildman–Crippen MR) is 38.5 cm³/mol. The van der Waals surface area contributed by atoms with Gasteiger partial charge >= 0.3 is 5.97 Å². The predicted octanol–water partition coefficient (Wildman–Crippen LogP) is 0.491. The first kappa shape index (κ1) is 8.73. The van der Waals surface area contributed by atoms with Crippen molar-refractivity contribution in [2.45, 2.75) is 19.4 Å². The first-order valence-corrected chi connectivity index (χ1v) is 3.41. The van der Waals surface area contributed by atoms with E-state index in [1.54, 1.807) is 6.92 Å². The van der Waals surface area contributed by atoms with Gasteiger partial charge in [0.25, 0.3) is 0 Å². The number of rotatable bonds is 3. The van der Waals surface area contributed by atoms with Crippen LogP contribution in [0.4, 0.5) is 0 Å².